The molecule has 0 aliphatic carbocycles. The molecule has 1 aliphatic rings. The van der Waals surface area contributed by atoms with Gasteiger partial charge in [-0.05, 0) is 30.2 Å². The number of nitrogens with one attached hydrogen (secondary N) is 2. The van der Waals surface area contributed by atoms with Crippen LogP contribution in [-0.4, -0.2) is 50.5 Å². The summed E-state index contributed by atoms with van der Waals surface area (Å²) in [5.41, 5.74) is 3.18. The van der Waals surface area contributed by atoms with Gasteiger partial charge >= 0.3 is 0 Å². The highest BCUT2D eigenvalue weighted by Gasteiger charge is 2.16. The third kappa shape index (κ3) is 3.30. The zero-order chi connectivity index (χ0) is 20.7. The standard InChI is InChI=1S/C21H23FN8/c1-13(2)16-12-24-18-6-3-14-11-25-21(28-20(14)30(16)18)27-17-5-4-15(19(22)26-17)29-9-7-23-8-10-29/h3-6,11-13,23H,7-10H2,1-2H3,(H,25,26,27,28). The Hall–Kier alpha value is -3.33. The minimum atomic E-state index is -0.498. The number of piperazine rings is 1. The smallest absolute Gasteiger partial charge is 0.238 e. The summed E-state index contributed by atoms with van der Waals surface area (Å²) in [6.45, 7) is 7.44. The Morgan fingerprint density at radius 3 is 2.63 bits per heavy atom. The van der Waals surface area contributed by atoms with Gasteiger partial charge in [0.25, 0.3) is 0 Å². The van der Waals surface area contributed by atoms with Crippen LogP contribution in [0.15, 0.2) is 36.7 Å². The number of halogens is 1. The summed E-state index contributed by atoms with van der Waals surface area (Å²) in [6, 6.07) is 7.41. The highest BCUT2D eigenvalue weighted by atomic mass is 19.1. The molecule has 0 spiro atoms. The molecule has 9 heteroatoms. The van der Waals surface area contributed by atoms with E-state index >= 15 is 0 Å². The van der Waals surface area contributed by atoms with Crippen molar-refractivity contribution in [3.05, 3.63) is 48.3 Å². The van der Waals surface area contributed by atoms with Crippen LogP contribution in [0.25, 0.3) is 16.7 Å². The summed E-state index contributed by atoms with van der Waals surface area (Å²) in [5.74, 6) is 0.528. The second-order valence-electron chi connectivity index (χ2n) is 7.71. The Balaban J connectivity index is 1.48. The van der Waals surface area contributed by atoms with E-state index < -0.39 is 5.95 Å². The predicted molar refractivity (Wildman–Crippen MR) is 115 cm³/mol. The van der Waals surface area contributed by atoms with E-state index in [-0.39, 0.29) is 0 Å². The monoisotopic (exact) mass is 406 g/mol. The fourth-order valence-electron chi connectivity index (χ4n) is 3.79. The van der Waals surface area contributed by atoms with Gasteiger partial charge in [0.2, 0.25) is 11.9 Å². The van der Waals surface area contributed by atoms with E-state index in [0.717, 1.165) is 48.6 Å². The Labute approximate surface area is 173 Å². The van der Waals surface area contributed by atoms with Crippen molar-refractivity contribution in [1.29, 1.82) is 0 Å². The summed E-state index contributed by atoms with van der Waals surface area (Å²) in [4.78, 5) is 19.6. The average molecular weight is 406 g/mol. The van der Waals surface area contributed by atoms with Gasteiger partial charge in [0.1, 0.15) is 11.5 Å². The van der Waals surface area contributed by atoms with Crippen molar-refractivity contribution < 1.29 is 4.39 Å². The van der Waals surface area contributed by atoms with Gasteiger partial charge in [0.15, 0.2) is 5.65 Å². The molecule has 8 nitrogen and oxygen atoms in total. The summed E-state index contributed by atoms with van der Waals surface area (Å²) in [7, 11) is 0. The van der Waals surface area contributed by atoms with E-state index in [4.69, 9.17) is 0 Å². The summed E-state index contributed by atoms with van der Waals surface area (Å²) in [5, 5.41) is 7.20. The van der Waals surface area contributed by atoms with Gasteiger partial charge in [-0.1, -0.05) is 13.8 Å². The molecule has 0 aromatic carbocycles. The zero-order valence-electron chi connectivity index (χ0n) is 16.9. The van der Waals surface area contributed by atoms with Crippen LogP contribution in [0.2, 0.25) is 0 Å². The number of rotatable bonds is 4. The van der Waals surface area contributed by atoms with Gasteiger partial charge in [0, 0.05) is 49.7 Å². The van der Waals surface area contributed by atoms with Crippen molar-refractivity contribution in [2.75, 3.05) is 36.4 Å². The van der Waals surface area contributed by atoms with Gasteiger partial charge in [-0.3, -0.25) is 4.40 Å². The first-order valence-corrected chi connectivity index (χ1v) is 10.1. The van der Waals surface area contributed by atoms with E-state index in [1.54, 1.807) is 18.3 Å². The maximum atomic E-state index is 14.6. The van der Waals surface area contributed by atoms with E-state index in [9.17, 15) is 4.39 Å². The van der Waals surface area contributed by atoms with Gasteiger partial charge < -0.3 is 15.5 Å². The number of anilines is 3. The van der Waals surface area contributed by atoms with E-state index in [2.05, 4.69) is 44.4 Å². The molecule has 5 heterocycles. The quantitative estimate of drug-likeness (QED) is 0.504. The number of fused-ring (bicyclic) bond motifs is 3. The van der Waals surface area contributed by atoms with Crippen molar-refractivity contribution in [1.82, 2.24) is 29.7 Å². The molecule has 154 valence electrons. The molecule has 4 aromatic rings. The van der Waals surface area contributed by atoms with Gasteiger partial charge in [-0.25, -0.2) is 15.0 Å². The largest absolute Gasteiger partial charge is 0.365 e. The Morgan fingerprint density at radius 1 is 1.03 bits per heavy atom. The van der Waals surface area contributed by atoms with E-state index in [1.165, 1.54) is 0 Å². The molecule has 0 bridgehead atoms. The van der Waals surface area contributed by atoms with Gasteiger partial charge in [0.05, 0.1) is 5.69 Å². The molecule has 4 aromatic heterocycles. The third-order valence-electron chi connectivity index (χ3n) is 5.35. The maximum Gasteiger partial charge on any atom is 0.238 e. The Bertz CT molecular complexity index is 1210. The molecule has 1 saturated heterocycles. The Morgan fingerprint density at radius 2 is 1.87 bits per heavy atom. The first-order valence-electron chi connectivity index (χ1n) is 10.1. The number of nitrogens with zero attached hydrogens (tertiary/aromatic N) is 6. The summed E-state index contributed by atoms with van der Waals surface area (Å²) in [6.07, 6.45) is 3.63. The van der Waals surface area contributed by atoms with E-state index in [1.807, 2.05) is 27.6 Å². The Kier molecular flexibility index (Phi) is 4.66. The second-order valence-corrected chi connectivity index (χ2v) is 7.71. The van der Waals surface area contributed by atoms with Gasteiger partial charge in [-0.15, -0.1) is 0 Å². The van der Waals surface area contributed by atoms with Crippen molar-refractivity contribution in [3.63, 3.8) is 0 Å². The van der Waals surface area contributed by atoms with Gasteiger partial charge in [-0.2, -0.15) is 9.37 Å². The lowest BCUT2D eigenvalue weighted by atomic mass is 10.1. The molecule has 0 amide bonds. The molecular formula is C21H23FN8. The first-order chi connectivity index (χ1) is 14.6. The minimum Gasteiger partial charge on any atom is -0.365 e. The van der Waals surface area contributed by atoms with Crippen molar-refractivity contribution in [3.8, 4) is 0 Å². The van der Waals surface area contributed by atoms with Crippen LogP contribution in [0.4, 0.5) is 21.8 Å². The topological polar surface area (TPSA) is 83.3 Å². The van der Waals surface area contributed by atoms with Crippen molar-refractivity contribution >= 4 is 34.1 Å². The predicted octanol–water partition coefficient (Wildman–Crippen LogP) is 3.09. The number of hydrogen-bond donors (Lipinski definition) is 2. The van der Waals surface area contributed by atoms with Crippen LogP contribution in [0.1, 0.15) is 25.5 Å². The van der Waals surface area contributed by atoms with Crippen LogP contribution in [0, 0.1) is 5.95 Å². The average Bonchev–Trinajstić information content (AvgIpc) is 3.20. The molecule has 1 aliphatic heterocycles. The molecule has 5 rings (SSSR count). The summed E-state index contributed by atoms with van der Waals surface area (Å²) >= 11 is 0. The van der Waals surface area contributed by atoms with Crippen molar-refractivity contribution in [2.24, 2.45) is 0 Å². The number of imidazole rings is 1. The van der Waals surface area contributed by atoms with Crippen LogP contribution >= 0.6 is 0 Å². The number of hydrogen-bond acceptors (Lipinski definition) is 7. The van der Waals surface area contributed by atoms with Crippen LogP contribution < -0.4 is 15.5 Å². The summed E-state index contributed by atoms with van der Waals surface area (Å²) < 4.78 is 16.7. The first kappa shape index (κ1) is 18.7. The molecule has 0 unspecified atom stereocenters. The molecule has 0 atom stereocenters. The van der Waals surface area contributed by atoms with Crippen molar-refractivity contribution in [2.45, 2.75) is 19.8 Å². The number of pyridine rings is 2. The molecule has 0 radical (unpaired) electrons. The zero-order valence-corrected chi connectivity index (χ0v) is 16.9. The lowest BCUT2D eigenvalue weighted by Gasteiger charge is -2.29. The molecular weight excluding hydrogens is 383 g/mol. The van der Waals surface area contributed by atoms with Crippen LogP contribution in [0.3, 0.4) is 0 Å². The molecule has 1 fully saturated rings. The van der Waals surface area contributed by atoms with Crippen LogP contribution in [0.5, 0.6) is 0 Å². The SMILES string of the molecule is CC(C)c1cnc2ccc3cnc(Nc4ccc(N5CCNCC5)c(F)n4)nc3n12. The molecule has 0 saturated carbocycles. The lowest BCUT2D eigenvalue weighted by Crippen LogP contribution is -2.44. The fraction of sp³-hybridized carbons (Fsp3) is 0.333. The molecule has 30 heavy (non-hydrogen) atoms. The highest BCUT2D eigenvalue weighted by Crippen LogP contribution is 2.24. The third-order valence-corrected chi connectivity index (χ3v) is 5.35. The lowest BCUT2D eigenvalue weighted by molar-refractivity contribution is 0.549. The maximum absolute atomic E-state index is 14.6. The fourth-order valence-corrected chi connectivity index (χ4v) is 3.79. The van der Waals surface area contributed by atoms with E-state index in [0.29, 0.717) is 23.4 Å². The minimum absolute atomic E-state index is 0.297. The normalized spacial score (nSPS) is 14.7. The van der Waals surface area contributed by atoms with Crippen LogP contribution in [-0.2, 0) is 0 Å². The molecule has 2 N–H and O–H groups in total. The number of aromatic nitrogens is 5. The highest BCUT2D eigenvalue weighted by molar-refractivity contribution is 5.79. The second kappa shape index (κ2) is 7.49.